The van der Waals surface area contributed by atoms with Crippen LogP contribution < -0.4 is 5.32 Å². The van der Waals surface area contributed by atoms with Gasteiger partial charge in [-0.05, 0) is 32.2 Å². The maximum atomic E-state index is 9.72. The number of nitrogens with one attached hydrogen (secondary N) is 1. The molecule has 0 saturated heterocycles. The van der Waals surface area contributed by atoms with E-state index in [1.165, 1.54) is 12.8 Å². The van der Waals surface area contributed by atoms with E-state index < -0.39 is 0 Å². The molecule has 5 heteroatoms. The first-order chi connectivity index (χ1) is 8.11. The molecule has 0 aromatic carbocycles. The third kappa shape index (κ3) is 2.64. The number of hydrogen-bond acceptors (Lipinski definition) is 3. The number of halogens is 1. The highest BCUT2D eigenvalue weighted by Crippen LogP contribution is 2.40. The second-order valence-corrected chi connectivity index (χ2v) is 5.29. The van der Waals surface area contributed by atoms with E-state index in [1.54, 1.807) is 0 Å². The molecule has 1 aromatic rings. The predicted octanol–water partition coefficient (Wildman–Crippen LogP) is 1.60. The zero-order valence-corrected chi connectivity index (χ0v) is 11.2. The fraction of sp³-hybridized carbons (Fsp3) is 0.750. The standard InChI is InChI=1S/C12H20ClN3O/c1-3-14-12(8-17,10-4-5-10)7-16-6-11(13)9(2)15-16/h6,10,14,17H,3-5,7-8H2,1-2H3. The molecular formula is C12H20ClN3O. The van der Waals surface area contributed by atoms with E-state index in [2.05, 4.69) is 17.3 Å². The Balaban J connectivity index is 2.16. The third-order valence-electron chi connectivity index (χ3n) is 3.50. The largest absolute Gasteiger partial charge is 0.394 e. The molecule has 17 heavy (non-hydrogen) atoms. The Morgan fingerprint density at radius 2 is 2.35 bits per heavy atom. The van der Waals surface area contributed by atoms with E-state index in [0.29, 0.717) is 17.5 Å². The molecule has 0 amide bonds. The van der Waals surface area contributed by atoms with Crippen molar-refractivity contribution in [3.8, 4) is 0 Å². The van der Waals surface area contributed by atoms with Gasteiger partial charge in [-0.3, -0.25) is 4.68 Å². The number of aliphatic hydroxyl groups is 1. The molecule has 1 fully saturated rings. The normalized spacial score (nSPS) is 19.3. The van der Waals surface area contributed by atoms with Crippen molar-refractivity contribution < 1.29 is 5.11 Å². The lowest BCUT2D eigenvalue weighted by Gasteiger charge is -2.33. The van der Waals surface area contributed by atoms with Gasteiger partial charge in [0.05, 0.1) is 29.4 Å². The van der Waals surface area contributed by atoms with Crippen LogP contribution >= 0.6 is 11.6 Å². The molecule has 1 atom stereocenters. The van der Waals surface area contributed by atoms with E-state index >= 15 is 0 Å². The summed E-state index contributed by atoms with van der Waals surface area (Å²) < 4.78 is 1.84. The number of likely N-dealkylation sites (N-methyl/N-ethyl adjacent to an activating group) is 1. The van der Waals surface area contributed by atoms with Crippen molar-refractivity contribution in [2.45, 2.75) is 38.8 Å². The monoisotopic (exact) mass is 257 g/mol. The molecule has 0 spiro atoms. The van der Waals surface area contributed by atoms with Gasteiger partial charge in [-0.2, -0.15) is 5.10 Å². The molecule has 2 rings (SSSR count). The minimum atomic E-state index is -0.240. The average molecular weight is 258 g/mol. The van der Waals surface area contributed by atoms with Crippen molar-refractivity contribution >= 4 is 11.6 Å². The Morgan fingerprint density at radius 1 is 1.65 bits per heavy atom. The summed E-state index contributed by atoms with van der Waals surface area (Å²) in [7, 11) is 0. The minimum absolute atomic E-state index is 0.141. The van der Waals surface area contributed by atoms with Gasteiger partial charge in [-0.1, -0.05) is 18.5 Å². The molecule has 0 bridgehead atoms. The lowest BCUT2D eigenvalue weighted by Crippen LogP contribution is -2.53. The lowest BCUT2D eigenvalue weighted by atomic mass is 9.94. The molecule has 1 aliphatic carbocycles. The van der Waals surface area contributed by atoms with Crippen LogP contribution in [0.4, 0.5) is 0 Å². The SMILES string of the molecule is CCNC(CO)(Cn1cc(Cl)c(C)n1)C1CC1. The quantitative estimate of drug-likeness (QED) is 0.814. The summed E-state index contributed by atoms with van der Waals surface area (Å²) in [6.07, 6.45) is 4.20. The Hall–Kier alpha value is -0.580. The third-order valence-corrected chi connectivity index (χ3v) is 3.87. The lowest BCUT2D eigenvalue weighted by molar-refractivity contribution is 0.120. The van der Waals surface area contributed by atoms with Crippen molar-refractivity contribution in [2.75, 3.05) is 13.2 Å². The Kier molecular flexibility index (Phi) is 3.76. The van der Waals surface area contributed by atoms with Crippen molar-refractivity contribution in [1.29, 1.82) is 0 Å². The van der Waals surface area contributed by atoms with Crippen LogP contribution in [0, 0.1) is 12.8 Å². The molecule has 1 heterocycles. The molecule has 1 aromatic heterocycles. The van der Waals surface area contributed by atoms with Crippen molar-refractivity contribution in [2.24, 2.45) is 5.92 Å². The van der Waals surface area contributed by atoms with Gasteiger partial charge in [0.15, 0.2) is 0 Å². The highest BCUT2D eigenvalue weighted by Gasteiger charge is 2.44. The zero-order valence-electron chi connectivity index (χ0n) is 10.4. The van der Waals surface area contributed by atoms with Gasteiger partial charge in [0.2, 0.25) is 0 Å². The first kappa shape index (κ1) is 12.9. The number of aliphatic hydroxyl groups excluding tert-OH is 1. The Morgan fingerprint density at radius 3 is 2.76 bits per heavy atom. The zero-order chi connectivity index (χ0) is 12.5. The van der Waals surface area contributed by atoms with Crippen LogP contribution in [0.15, 0.2) is 6.20 Å². The fourth-order valence-electron chi connectivity index (χ4n) is 2.42. The van der Waals surface area contributed by atoms with Gasteiger partial charge in [-0.25, -0.2) is 0 Å². The molecule has 0 aliphatic heterocycles. The van der Waals surface area contributed by atoms with Crippen LogP contribution in [0.5, 0.6) is 0 Å². The second kappa shape index (κ2) is 4.96. The van der Waals surface area contributed by atoms with Crippen LogP contribution in [0.2, 0.25) is 5.02 Å². The van der Waals surface area contributed by atoms with Crippen LogP contribution in [0.25, 0.3) is 0 Å². The highest BCUT2D eigenvalue weighted by atomic mass is 35.5. The summed E-state index contributed by atoms with van der Waals surface area (Å²) in [6, 6.07) is 0. The molecule has 1 saturated carbocycles. The van der Waals surface area contributed by atoms with Gasteiger partial charge >= 0.3 is 0 Å². The summed E-state index contributed by atoms with van der Waals surface area (Å²) in [5.41, 5.74) is 0.599. The molecule has 96 valence electrons. The summed E-state index contributed by atoms with van der Waals surface area (Å²) in [6.45, 7) is 5.63. The molecular weight excluding hydrogens is 238 g/mol. The summed E-state index contributed by atoms with van der Waals surface area (Å²) in [4.78, 5) is 0. The molecule has 1 unspecified atom stereocenters. The van der Waals surface area contributed by atoms with Crippen LogP contribution in [0.3, 0.4) is 0 Å². The topological polar surface area (TPSA) is 50.1 Å². The van der Waals surface area contributed by atoms with Gasteiger partial charge in [0, 0.05) is 6.20 Å². The van der Waals surface area contributed by atoms with E-state index in [1.807, 2.05) is 17.8 Å². The van der Waals surface area contributed by atoms with Gasteiger partial charge in [0.1, 0.15) is 0 Å². The highest BCUT2D eigenvalue weighted by molar-refractivity contribution is 6.31. The summed E-state index contributed by atoms with van der Waals surface area (Å²) in [5.74, 6) is 0.552. The first-order valence-electron chi connectivity index (χ1n) is 6.16. The number of aryl methyl sites for hydroxylation is 1. The van der Waals surface area contributed by atoms with Crippen LogP contribution in [-0.4, -0.2) is 33.6 Å². The molecule has 2 N–H and O–H groups in total. The van der Waals surface area contributed by atoms with Gasteiger partial charge < -0.3 is 10.4 Å². The number of hydrogen-bond donors (Lipinski definition) is 2. The van der Waals surface area contributed by atoms with Crippen molar-refractivity contribution in [1.82, 2.24) is 15.1 Å². The van der Waals surface area contributed by atoms with E-state index in [4.69, 9.17) is 11.6 Å². The van der Waals surface area contributed by atoms with E-state index in [0.717, 1.165) is 12.2 Å². The maximum absolute atomic E-state index is 9.72. The smallest absolute Gasteiger partial charge is 0.0814 e. The number of aromatic nitrogens is 2. The van der Waals surface area contributed by atoms with Crippen molar-refractivity contribution in [3.05, 3.63) is 16.9 Å². The number of rotatable bonds is 6. The average Bonchev–Trinajstić information content (AvgIpc) is 3.08. The predicted molar refractivity (Wildman–Crippen MR) is 68.2 cm³/mol. The Bertz CT molecular complexity index is 370. The van der Waals surface area contributed by atoms with E-state index in [9.17, 15) is 5.11 Å². The summed E-state index contributed by atoms with van der Waals surface area (Å²) >= 11 is 6.01. The van der Waals surface area contributed by atoms with Gasteiger partial charge in [0.25, 0.3) is 0 Å². The Labute approximate surface area is 107 Å². The summed E-state index contributed by atoms with van der Waals surface area (Å²) in [5, 5.41) is 18.2. The first-order valence-corrected chi connectivity index (χ1v) is 6.54. The van der Waals surface area contributed by atoms with E-state index in [-0.39, 0.29) is 12.1 Å². The molecule has 4 nitrogen and oxygen atoms in total. The van der Waals surface area contributed by atoms with Crippen LogP contribution in [0.1, 0.15) is 25.5 Å². The van der Waals surface area contributed by atoms with Crippen LogP contribution in [-0.2, 0) is 6.54 Å². The second-order valence-electron chi connectivity index (χ2n) is 4.88. The molecule has 1 aliphatic rings. The van der Waals surface area contributed by atoms with Crippen molar-refractivity contribution in [3.63, 3.8) is 0 Å². The number of nitrogens with zero attached hydrogens (tertiary/aromatic N) is 2. The minimum Gasteiger partial charge on any atom is -0.394 e. The van der Waals surface area contributed by atoms with Gasteiger partial charge in [-0.15, -0.1) is 0 Å². The fourth-order valence-corrected chi connectivity index (χ4v) is 2.57. The molecule has 0 radical (unpaired) electrons. The maximum Gasteiger partial charge on any atom is 0.0814 e.